The van der Waals surface area contributed by atoms with E-state index in [2.05, 4.69) is 26.1 Å². The van der Waals surface area contributed by atoms with Gasteiger partial charge < -0.3 is 25.3 Å². The molecule has 0 spiro atoms. The third kappa shape index (κ3) is 6.05. The first-order chi connectivity index (χ1) is 8.99. The summed E-state index contributed by atoms with van der Waals surface area (Å²) in [5, 5.41) is 16.6. The van der Waals surface area contributed by atoms with Crippen LogP contribution in [0.4, 0.5) is 10.8 Å². The van der Waals surface area contributed by atoms with Crippen LogP contribution in [0.15, 0.2) is 4.42 Å². The van der Waals surface area contributed by atoms with Gasteiger partial charge in [-0.1, -0.05) is 18.9 Å². The van der Waals surface area contributed by atoms with Crippen molar-refractivity contribution >= 4 is 12.0 Å². The molecule has 0 aliphatic carbocycles. The molecule has 0 bridgehead atoms. The Morgan fingerprint density at radius 2 is 2.05 bits per heavy atom. The van der Waals surface area contributed by atoms with E-state index in [9.17, 15) is 4.79 Å². The zero-order valence-electron chi connectivity index (χ0n) is 11.9. The molecule has 0 fully saturated rings. The molecule has 1 aromatic rings. The van der Waals surface area contributed by atoms with Crippen LogP contribution in [0.3, 0.4) is 0 Å². The van der Waals surface area contributed by atoms with Gasteiger partial charge in [0, 0.05) is 33.2 Å². The first-order valence-electron chi connectivity index (χ1n) is 6.24. The highest BCUT2D eigenvalue weighted by Crippen LogP contribution is 2.04. The van der Waals surface area contributed by atoms with E-state index in [1.54, 1.807) is 14.1 Å². The van der Waals surface area contributed by atoms with Crippen molar-refractivity contribution in [3.63, 3.8) is 0 Å². The van der Waals surface area contributed by atoms with E-state index in [-0.39, 0.29) is 6.03 Å². The minimum Gasteiger partial charge on any atom is -0.407 e. The Morgan fingerprint density at radius 1 is 1.32 bits per heavy atom. The van der Waals surface area contributed by atoms with E-state index in [1.165, 1.54) is 4.90 Å². The van der Waals surface area contributed by atoms with Gasteiger partial charge in [0.1, 0.15) is 0 Å². The first-order valence-corrected chi connectivity index (χ1v) is 6.24. The lowest BCUT2D eigenvalue weighted by atomic mass is 10.4. The van der Waals surface area contributed by atoms with Crippen LogP contribution < -0.4 is 16.0 Å². The molecule has 0 aromatic carbocycles. The summed E-state index contributed by atoms with van der Waals surface area (Å²) >= 11 is 0. The molecule has 1 rings (SSSR count). The van der Waals surface area contributed by atoms with E-state index >= 15 is 0 Å². The highest BCUT2D eigenvalue weighted by atomic mass is 16.4. The van der Waals surface area contributed by atoms with Gasteiger partial charge in [-0.25, -0.2) is 4.79 Å². The molecular formula is C11H22N6O2. The number of hydrogen-bond donors (Lipinski definition) is 3. The van der Waals surface area contributed by atoms with Gasteiger partial charge in [-0.15, -0.1) is 5.10 Å². The summed E-state index contributed by atoms with van der Waals surface area (Å²) in [6.45, 7) is 5.65. The molecule has 2 amide bonds. The highest BCUT2D eigenvalue weighted by Gasteiger charge is 2.06. The molecule has 3 N–H and O–H groups in total. The van der Waals surface area contributed by atoms with Gasteiger partial charge in [0.05, 0.1) is 6.54 Å². The fourth-order valence-corrected chi connectivity index (χ4v) is 1.18. The van der Waals surface area contributed by atoms with Crippen LogP contribution in [-0.2, 0) is 6.54 Å². The average Bonchev–Trinajstić information content (AvgIpc) is 2.79. The number of carbonyl (C=O) groups is 1. The monoisotopic (exact) mass is 270 g/mol. The zero-order valence-corrected chi connectivity index (χ0v) is 11.9. The molecule has 0 atom stereocenters. The fraction of sp³-hybridized carbons (Fsp3) is 0.727. The predicted molar refractivity (Wildman–Crippen MR) is 71.8 cm³/mol. The van der Waals surface area contributed by atoms with Gasteiger partial charge >= 0.3 is 12.0 Å². The summed E-state index contributed by atoms with van der Waals surface area (Å²) in [6.07, 6.45) is 0. The Kier molecular flexibility index (Phi) is 6.07. The lowest BCUT2D eigenvalue weighted by Crippen LogP contribution is -2.37. The molecule has 0 saturated heterocycles. The summed E-state index contributed by atoms with van der Waals surface area (Å²) in [4.78, 5) is 12.7. The Morgan fingerprint density at radius 3 is 2.68 bits per heavy atom. The quantitative estimate of drug-likeness (QED) is 0.615. The SMILES string of the molecule is CC(C)NCc1nnc(NCCNC(=O)N(C)C)o1. The number of aromatic nitrogens is 2. The standard InChI is InChI=1S/C11H22N6O2/c1-8(2)14-7-9-15-16-10(19-9)12-5-6-13-11(18)17(3)4/h8,14H,5-7H2,1-4H3,(H,12,16)(H,13,18). The van der Waals surface area contributed by atoms with Crippen molar-refractivity contribution in [3.05, 3.63) is 5.89 Å². The molecular weight excluding hydrogens is 248 g/mol. The smallest absolute Gasteiger partial charge is 0.316 e. The Balaban J connectivity index is 2.21. The molecule has 19 heavy (non-hydrogen) atoms. The molecule has 8 nitrogen and oxygen atoms in total. The van der Waals surface area contributed by atoms with Crippen LogP contribution in [0.2, 0.25) is 0 Å². The molecule has 0 saturated carbocycles. The van der Waals surface area contributed by atoms with Crippen molar-refractivity contribution in [3.8, 4) is 0 Å². The van der Waals surface area contributed by atoms with Gasteiger partial charge in [-0.2, -0.15) is 0 Å². The maximum absolute atomic E-state index is 11.2. The van der Waals surface area contributed by atoms with Crippen molar-refractivity contribution in [1.82, 2.24) is 25.7 Å². The average molecular weight is 270 g/mol. The van der Waals surface area contributed by atoms with E-state index in [4.69, 9.17) is 4.42 Å². The number of nitrogens with zero attached hydrogens (tertiary/aromatic N) is 3. The van der Waals surface area contributed by atoms with Crippen molar-refractivity contribution in [1.29, 1.82) is 0 Å². The van der Waals surface area contributed by atoms with Gasteiger partial charge in [0.25, 0.3) is 0 Å². The van der Waals surface area contributed by atoms with Gasteiger partial charge in [-0.3, -0.25) is 0 Å². The molecule has 108 valence electrons. The lowest BCUT2D eigenvalue weighted by Gasteiger charge is -2.11. The fourth-order valence-electron chi connectivity index (χ4n) is 1.18. The number of nitrogens with one attached hydrogen (secondary N) is 3. The summed E-state index contributed by atoms with van der Waals surface area (Å²) in [5.41, 5.74) is 0. The maximum atomic E-state index is 11.2. The minimum atomic E-state index is -0.130. The third-order valence-corrected chi connectivity index (χ3v) is 2.21. The summed E-state index contributed by atoms with van der Waals surface area (Å²) in [5.74, 6) is 0.536. The normalized spacial score (nSPS) is 10.6. The Hall–Kier alpha value is -1.83. The van der Waals surface area contributed by atoms with Crippen molar-refractivity contribution in [2.24, 2.45) is 0 Å². The second-order valence-corrected chi connectivity index (χ2v) is 4.59. The molecule has 0 unspecified atom stereocenters. The van der Waals surface area contributed by atoms with Gasteiger partial charge in [0.2, 0.25) is 5.89 Å². The van der Waals surface area contributed by atoms with E-state index < -0.39 is 0 Å². The number of amides is 2. The van der Waals surface area contributed by atoms with Crippen molar-refractivity contribution < 1.29 is 9.21 Å². The van der Waals surface area contributed by atoms with Crippen LogP contribution >= 0.6 is 0 Å². The van der Waals surface area contributed by atoms with Gasteiger partial charge in [0.15, 0.2) is 0 Å². The van der Waals surface area contributed by atoms with Crippen LogP contribution in [0.5, 0.6) is 0 Å². The van der Waals surface area contributed by atoms with Crippen LogP contribution in [0.25, 0.3) is 0 Å². The number of urea groups is 1. The topological polar surface area (TPSA) is 95.3 Å². The Bertz CT molecular complexity index is 390. The lowest BCUT2D eigenvalue weighted by molar-refractivity contribution is 0.218. The number of carbonyl (C=O) groups excluding carboxylic acids is 1. The summed E-state index contributed by atoms with van der Waals surface area (Å²) in [6, 6.07) is 0.596. The molecule has 0 aliphatic heterocycles. The van der Waals surface area contributed by atoms with E-state index in [0.717, 1.165) is 0 Å². The number of hydrogen-bond acceptors (Lipinski definition) is 6. The molecule has 0 radical (unpaired) electrons. The Labute approximate surface area is 112 Å². The highest BCUT2D eigenvalue weighted by molar-refractivity contribution is 5.73. The largest absolute Gasteiger partial charge is 0.407 e. The number of rotatable bonds is 7. The molecule has 1 heterocycles. The van der Waals surface area contributed by atoms with Crippen LogP contribution in [-0.4, -0.2) is 54.4 Å². The maximum Gasteiger partial charge on any atom is 0.316 e. The van der Waals surface area contributed by atoms with Crippen molar-refractivity contribution in [2.45, 2.75) is 26.4 Å². The number of anilines is 1. The van der Waals surface area contributed by atoms with Crippen LogP contribution in [0.1, 0.15) is 19.7 Å². The second-order valence-electron chi connectivity index (χ2n) is 4.59. The third-order valence-electron chi connectivity index (χ3n) is 2.21. The summed E-state index contributed by atoms with van der Waals surface area (Å²) < 4.78 is 5.37. The van der Waals surface area contributed by atoms with E-state index in [0.29, 0.717) is 37.6 Å². The predicted octanol–water partition coefficient (Wildman–Crippen LogP) is 0.251. The molecule has 1 aromatic heterocycles. The second kappa shape index (κ2) is 7.57. The van der Waals surface area contributed by atoms with Gasteiger partial charge in [-0.05, 0) is 0 Å². The first kappa shape index (κ1) is 15.2. The minimum absolute atomic E-state index is 0.130. The molecule has 8 heteroatoms. The van der Waals surface area contributed by atoms with Crippen LogP contribution in [0, 0.1) is 0 Å². The van der Waals surface area contributed by atoms with Crippen molar-refractivity contribution in [2.75, 3.05) is 32.5 Å². The molecule has 0 aliphatic rings. The summed E-state index contributed by atoms with van der Waals surface area (Å²) in [7, 11) is 3.38. The van der Waals surface area contributed by atoms with E-state index in [1.807, 2.05) is 13.8 Å². The zero-order chi connectivity index (χ0) is 14.3.